The van der Waals surface area contributed by atoms with E-state index in [0.29, 0.717) is 5.56 Å². The summed E-state index contributed by atoms with van der Waals surface area (Å²) >= 11 is 1.74. The lowest BCUT2D eigenvalue weighted by Gasteiger charge is -2.28. The first-order chi connectivity index (χ1) is 14.6. The number of anilines is 1. The molecule has 3 aromatic rings. The van der Waals surface area contributed by atoms with E-state index in [0.717, 1.165) is 42.5 Å². The fourth-order valence-electron chi connectivity index (χ4n) is 3.96. The molecule has 4 nitrogen and oxygen atoms in total. The molecule has 0 heterocycles. The van der Waals surface area contributed by atoms with Gasteiger partial charge in [-0.2, -0.15) is 0 Å². The minimum absolute atomic E-state index is 0.198. The maximum atomic E-state index is 10.1. The van der Waals surface area contributed by atoms with E-state index in [1.165, 1.54) is 9.79 Å². The van der Waals surface area contributed by atoms with Crippen molar-refractivity contribution in [3.8, 4) is 11.1 Å². The first-order valence-corrected chi connectivity index (χ1v) is 11.3. The summed E-state index contributed by atoms with van der Waals surface area (Å²) in [6.07, 6.45) is 2.18. The Labute approximate surface area is 182 Å². The van der Waals surface area contributed by atoms with Crippen molar-refractivity contribution >= 4 is 17.4 Å². The number of rotatable bonds is 6. The van der Waals surface area contributed by atoms with Gasteiger partial charge in [0.15, 0.2) is 0 Å². The summed E-state index contributed by atoms with van der Waals surface area (Å²) in [5, 5.41) is 23.4. The van der Waals surface area contributed by atoms with Crippen LogP contribution in [0.25, 0.3) is 11.1 Å². The van der Waals surface area contributed by atoms with E-state index in [1.807, 2.05) is 36.4 Å². The van der Waals surface area contributed by atoms with Crippen LogP contribution in [-0.4, -0.2) is 22.4 Å². The second kappa shape index (κ2) is 9.67. The molecule has 5 N–H and O–H groups in total. The Morgan fingerprint density at radius 2 is 1.60 bits per heavy atom. The number of benzene rings is 3. The van der Waals surface area contributed by atoms with Gasteiger partial charge in [-0.15, -0.1) is 0 Å². The van der Waals surface area contributed by atoms with E-state index >= 15 is 0 Å². The number of hydrogen-bond acceptors (Lipinski definition) is 5. The molecule has 5 heteroatoms. The van der Waals surface area contributed by atoms with E-state index < -0.39 is 6.23 Å². The molecule has 1 fully saturated rings. The number of nitrogens with one attached hydrogen (secondary N) is 1. The topological polar surface area (TPSA) is 78.5 Å². The van der Waals surface area contributed by atoms with Crippen molar-refractivity contribution in [3.05, 3.63) is 78.4 Å². The summed E-state index contributed by atoms with van der Waals surface area (Å²) in [6.45, 7) is 0. The zero-order valence-corrected chi connectivity index (χ0v) is 17.7. The lowest BCUT2D eigenvalue weighted by atomic mass is 9.92. The quantitative estimate of drug-likeness (QED) is 0.414. The van der Waals surface area contributed by atoms with Gasteiger partial charge in [0, 0.05) is 27.1 Å². The van der Waals surface area contributed by atoms with Crippen molar-refractivity contribution in [1.29, 1.82) is 0 Å². The van der Waals surface area contributed by atoms with Crippen LogP contribution in [0.3, 0.4) is 0 Å². The molecule has 1 aliphatic rings. The Bertz CT molecular complexity index is 970. The van der Waals surface area contributed by atoms with E-state index in [9.17, 15) is 10.2 Å². The highest BCUT2D eigenvalue weighted by molar-refractivity contribution is 7.99. The maximum Gasteiger partial charge on any atom is 0.130 e. The second-order valence-electron chi connectivity index (χ2n) is 7.81. The third kappa shape index (κ3) is 5.05. The van der Waals surface area contributed by atoms with E-state index in [4.69, 9.17) is 5.73 Å². The smallest absolute Gasteiger partial charge is 0.130 e. The van der Waals surface area contributed by atoms with Crippen LogP contribution >= 0.6 is 11.8 Å². The third-order valence-corrected chi connectivity index (χ3v) is 6.68. The zero-order valence-electron chi connectivity index (χ0n) is 16.9. The number of aliphatic hydroxyl groups is 2. The summed E-state index contributed by atoms with van der Waals surface area (Å²) in [6, 6.07) is 25.0. The van der Waals surface area contributed by atoms with Gasteiger partial charge in [0.25, 0.3) is 0 Å². The number of aliphatic hydroxyl groups excluding tert-OH is 2. The molecule has 0 aliphatic heterocycles. The third-order valence-electron chi connectivity index (χ3n) is 5.60. The van der Waals surface area contributed by atoms with Gasteiger partial charge in [-0.05, 0) is 61.1 Å². The molecule has 0 spiro atoms. The average molecular weight is 421 g/mol. The van der Waals surface area contributed by atoms with Crippen molar-refractivity contribution in [2.45, 2.75) is 53.8 Å². The van der Waals surface area contributed by atoms with Crippen LogP contribution in [-0.2, 0) is 0 Å². The predicted molar refractivity (Wildman–Crippen MR) is 123 cm³/mol. The Balaban J connectivity index is 1.65. The summed E-state index contributed by atoms with van der Waals surface area (Å²) in [5.41, 5.74) is 9.62. The molecule has 0 amide bonds. The molecule has 1 saturated carbocycles. The Kier molecular flexibility index (Phi) is 6.75. The lowest BCUT2D eigenvalue weighted by molar-refractivity contribution is 0.126. The molecule has 30 heavy (non-hydrogen) atoms. The van der Waals surface area contributed by atoms with Crippen molar-refractivity contribution in [3.63, 3.8) is 0 Å². The second-order valence-corrected chi connectivity index (χ2v) is 8.92. The SMILES string of the molecule is NC(O)c1ccc(-c2ccccc2Sc2ccccc2)cc1NC1CCC(O)CC1. The fraction of sp³-hybridized carbons (Fsp3) is 0.280. The van der Waals surface area contributed by atoms with Crippen LogP contribution in [0.4, 0.5) is 5.69 Å². The van der Waals surface area contributed by atoms with Gasteiger partial charge in [-0.3, -0.25) is 0 Å². The minimum Gasteiger partial charge on any atom is -0.393 e. The molecule has 1 atom stereocenters. The predicted octanol–water partition coefficient (Wildman–Crippen LogP) is 5.17. The largest absolute Gasteiger partial charge is 0.393 e. The molecule has 4 rings (SSSR count). The van der Waals surface area contributed by atoms with Crippen LogP contribution in [0.5, 0.6) is 0 Å². The van der Waals surface area contributed by atoms with Gasteiger partial charge in [0.05, 0.1) is 6.10 Å². The summed E-state index contributed by atoms with van der Waals surface area (Å²) in [4.78, 5) is 2.37. The van der Waals surface area contributed by atoms with Crippen LogP contribution in [0.2, 0.25) is 0 Å². The first-order valence-electron chi connectivity index (χ1n) is 10.4. The van der Waals surface area contributed by atoms with Gasteiger partial charge in [-0.25, -0.2) is 0 Å². The van der Waals surface area contributed by atoms with Crippen LogP contribution in [0.1, 0.15) is 37.5 Å². The molecule has 156 valence electrons. The minimum atomic E-state index is -1.04. The summed E-state index contributed by atoms with van der Waals surface area (Å²) in [5.74, 6) is 0. The Hall–Kier alpha value is -2.31. The fourth-order valence-corrected chi connectivity index (χ4v) is 4.95. The molecule has 0 bridgehead atoms. The van der Waals surface area contributed by atoms with E-state index in [2.05, 4.69) is 41.7 Å². The molecule has 0 aromatic heterocycles. The highest BCUT2D eigenvalue weighted by atomic mass is 32.2. The summed E-state index contributed by atoms with van der Waals surface area (Å²) in [7, 11) is 0. The molecule has 1 unspecified atom stereocenters. The molecule has 1 aliphatic carbocycles. The van der Waals surface area contributed by atoms with Crippen LogP contribution in [0.15, 0.2) is 82.6 Å². The van der Waals surface area contributed by atoms with Gasteiger partial charge in [0.1, 0.15) is 6.23 Å². The monoisotopic (exact) mass is 420 g/mol. The van der Waals surface area contributed by atoms with Crippen LogP contribution < -0.4 is 11.1 Å². The van der Waals surface area contributed by atoms with Gasteiger partial charge >= 0.3 is 0 Å². The van der Waals surface area contributed by atoms with Crippen molar-refractivity contribution < 1.29 is 10.2 Å². The average Bonchev–Trinajstić information content (AvgIpc) is 2.76. The van der Waals surface area contributed by atoms with Gasteiger partial charge < -0.3 is 21.3 Å². The Morgan fingerprint density at radius 1 is 0.900 bits per heavy atom. The van der Waals surface area contributed by atoms with Gasteiger partial charge in [-0.1, -0.05) is 60.3 Å². The molecular formula is C25H28N2O2S. The first kappa shape index (κ1) is 20.9. The summed E-state index contributed by atoms with van der Waals surface area (Å²) < 4.78 is 0. The number of nitrogens with two attached hydrogens (primary N) is 1. The van der Waals surface area contributed by atoms with Crippen molar-refractivity contribution in [1.82, 2.24) is 0 Å². The normalized spacial score (nSPS) is 20.0. The number of hydrogen-bond donors (Lipinski definition) is 4. The molecule has 3 aromatic carbocycles. The maximum absolute atomic E-state index is 10.1. The molecule has 0 saturated heterocycles. The van der Waals surface area contributed by atoms with Crippen molar-refractivity contribution in [2.24, 2.45) is 5.73 Å². The van der Waals surface area contributed by atoms with Crippen LogP contribution in [0, 0.1) is 0 Å². The Morgan fingerprint density at radius 3 is 2.33 bits per heavy atom. The molecular weight excluding hydrogens is 392 g/mol. The molecule has 0 radical (unpaired) electrons. The van der Waals surface area contributed by atoms with E-state index in [1.54, 1.807) is 11.8 Å². The van der Waals surface area contributed by atoms with E-state index in [-0.39, 0.29) is 12.1 Å². The zero-order chi connectivity index (χ0) is 20.9. The van der Waals surface area contributed by atoms with Crippen molar-refractivity contribution in [2.75, 3.05) is 5.32 Å². The van der Waals surface area contributed by atoms with Gasteiger partial charge in [0.2, 0.25) is 0 Å². The highest BCUT2D eigenvalue weighted by Gasteiger charge is 2.21. The standard InChI is InChI=1S/C25H28N2O2S/c26-25(29)22-15-10-17(16-23(22)27-18-11-13-19(28)14-12-18)21-8-4-5-9-24(21)30-20-6-2-1-3-7-20/h1-10,15-16,18-19,25,27-29H,11-14,26H2. The lowest BCUT2D eigenvalue weighted by Crippen LogP contribution is -2.29. The highest BCUT2D eigenvalue weighted by Crippen LogP contribution is 2.38.